The number of hydrogen-bond acceptors (Lipinski definition) is 2. The predicted octanol–water partition coefficient (Wildman–Crippen LogP) is 2.58. The van der Waals surface area contributed by atoms with Crippen molar-refractivity contribution < 1.29 is 22.8 Å². The van der Waals surface area contributed by atoms with E-state index in [-0.39, 0.29) is 11.3 Å². The van der Waals surface area contributed by atoms with Crippen LogP contribution in [0.15, 0.2) is 0 Å². The van der Waals surface area contributed by atoms with E-state index < -0.39 is 29.4 Å². The molecule has 0 aromatic heterocycles. The molecule has 22 heavy (non-hydrogen) atoms. The van der Waals surface area contributed by atoms with Gasteiger partial charge in [-0.1, -0.05) is 41.5 Å². The van der Waals surface area contributed by atoms with Crippen LogP contribution in [-0.2, 0) is 9.59 Å². The highest BCUT2D eigenvalue weighted by atomic mass is 19.4. The highest BCUT2D eigenvalue weighted by Crippen LogP contribution is 2.36. The van der Waals surface area contributed by atoms with Gasteiger partial charge in [0.15, 0.2) is 0 Å². The molecule has 4 nitrogen and oxygen atoms in total. The minimum absolute atomic E-state index is 0.0911. The van der Waals surface area contributed by atoms with Gasteiger partial charge in [-0.05, 0) is 16.7 Å². The molecule has 0 radical (unpaired) electrons. The van der Waals surface area contributed by atoms with E-state index in [0.717, 1.165) is 0 Å². The molecule has 1 N–H and O–H groups in total. The Balaban J connectivity index is 2.95. The standard InChI is InChI=1S/C15H25F3N2O2/c1-9-7-20(8-14(9,5)6)11(21)10(13(2,3)4)19-12(22)15(16,17)18/h9-10H,7-8H2,1-6H3,(H,19,22)/t9-,10+/m0/s1. The van der Waals surface area contributed by atoms with Crippen molar-refractivity contribution in [3.63, 3.8) is 0 Å². The van der Waals surface area contributed by atoms with Gasteiger partial charge in [-0.3, -0.25) is 9.59 Å². The Hall–Kier alpha value is -1.27. The fourth-order valence-corrected chi connectivity index (χ4v) is 2.50. The number of nitrogens with zero attached hydrogens (tertiary/aromatic N) is 1. The van der Waals surface area contributed by atoms with Crippen molar-refractivity contribution in [1.82, 2.24) is 10.2 Å². The number of nitrogens with one attached hydrogen (secondary N) is 1. The zero-order chi connectivity index (χ0) is 17.5. The lowest BCUT2D eigenvalue weighted by Gasteiger charge is -2.34. The first-order chi connectivity index (χ1) is 9.66. The van der Waals surface area contributed by atoms with Crippen LogP contribution in [0.4, 0.5) is 13.2 Å². The second-order valence-corrected chi connectivity index (χ2v) is 7.88. The van der Waals surface area contributed by atoms with Crippen LogP contribution in [0.3, 0.4) is 0 Å². The van der Waals surface area contributed by atoms with E-state index in [0.29, 0.717) is 13.1 Å². The van der Waals surface area contributed by atoms with Gasteiger partial charge < -0.3 is 10.2 Å². The lowest BCUT2D eigenvalue weighted by Crippen LogP contribution is -2.56. The van der Waals surface area contributed by atoms with E-state index in [4.69, 9.17) is 0 Å². The van der Waals surface area contributed by atoms with E-state index in [1.165, 1.54) is 0 Å². The molecule has 2 amide bonds. The molecular formula is C15H25F3N2O2. The molecule has 0 aromatic rings. The van der Waals surface area contributed by atoms with Crippen molar-refractivity contribution in [2.75, 3.05) is 13.1 Å². The summed E-state index contributed by atoms with van der Waals surface area (Å²) in [5, 5.41) is 1.86. The first-order valence-electron chi connectivity index (χ1n) is 7.33. The number of halogens is 3. The Bertz CT molecular complexity index is 453. The van der Waals surface area contributed by atoms with Crippen molar-refractivity contribution in [3.05, 3.63) is 0 Å². The summed E-state index contributed by atoms with van der Waals surface area (Å²) in [6, 6.07) is -1.21. The zero-order valence-corrected chi connectivity index (χ0v) is 14.0. The number of carbonyl (C=O) groups excluding carboxylic acids is 2. The molecule has 1 saturated heterocycles. The molecular weight excluding hydrogens is 297 g/mol. The van der Waals surface area contributed by atoms with Gasteiger partial charge in [0.25, 0.3) is 0 Å². The van der Waals surface area contributed by atoms with Gasteiger partial charge in [-0.2, -0.15) is 13.2 Å². The molecule has 1 fully saturated rings. The summed E-state index contributed by atoms with van der Waals surface area (Å²) in [5.41, 5.74) is -0.903. The van der Waals surface area contributed by atoms with E-state index in [1.54, 1.807) is 25.7 Å². The lowest BCUT2D eigenvalue weighted by atomic mass is 9.83. The number of amides is 2. The second kappa shape index (κ2) is 5.74. The van der Waals surface area contributed by atoms with Crippen LogP contribution in [0.2, 0.25) is 0 Å². The molecule has 0 saturated carbocycles. The number of rotatable bonds is 2. The van der Waals surface area contributed by atoms with E-state index in [1.807, 2.05) is 26.1 Å². The summed E-state index contributed by atoms with van der Waals surface area (Å²) in [6.07, 6.45) is -5.00. The summed E-state index contributed by atoms with van der Waals surface area (Å²) in [6.45, 7) is 11.9. The van der Waals surface area contributed by atoms with Gasteiger partial charge in [0.1, 0.15) is 6.04 Å². The Kier molecular flexibility index (Phi) is 4.90. The fraction of sp³-hybridized carbons (Fsp3) is 0.867. The number of likely N-dealkylation sites (tertiary alicyclic amines) is 1. The molecule has 0 spiro atoms. The number of alkyl halides is 3. The van der Waals surface area contributed by atoms with Crippen LogP contribution in [0.1, 0.15) is 41.5 Å². The molecule has 2 atom stereocenters. The molecule has 1 rings (SSSR count). The minimum Gasteiger partial charge on any atom is -0.340 e. The third kappa shape index (κ3) is 4.14. The smallest absolute Gasteiger partial charge is 0.340 e. The Labute approximate surface area is 129 Å². The third-order valence-corrected chi connectivity index (χ3v) is 4.38. The number of hydrogen-bond donors (Lipinski definition) is 1. The van der Waals surface area contributed by atoms with Crippen molar-refractivity contribution in [1.29, 1.82) is 0 Å². The molecule has 0 aliphatic carbocycles. The molecule has 0 aromatic carbocycles. The van der Waals surface area contributed by atoms with Gasteiger partial charge >= 0.3 is 12.1 Å². The van der Waals surface area contributed by atoms with Gasteiger partial charge in [0.05, 0.1) is 0 Å². The molecule has 7 heteroatoms. The first-order valence-corrected chi connectivity index (χ1v) is 7.33. The van der Waals surface area contributed by atoms with Crippen LogP contribution >= 0.6 is 0 Å². The summed E-state index contributed by atoms with van der Waals surface area (Å²) in [4.78, 5) is 25.4. The normalized spacial score (nSPS) is 23.3. The largest absolute Gasteiger partial charge is 0.471 e. The zero-order valence-electron chi connectivity index (χ0n) is 14.0. The van der Waals surface area contributed by atoms with Crippen molar-refractivity contribution >= 4 is 11.8 Å². The SMILES string of the molecule is C[C@H]1CN(C(=O)[C@@H](NC(=O)C(F)(F)F)C(C)(C)C)CC1(C)C. The highest BCUT2D eigenvalue weighted by molar-refractivity contribution is 5.90. The highest BCUT2D eigenvalue weighted by Gasteiger charge is 2.46. The molecule has 1 aliphatic heterocycles. The van der Waals surface area contributed by atoms with Crippen LogP contribution in [0.5, 0.6) is 0 Å². The van der Waals surface area contributed by atoms with Crippen LogP contribution in [-0.4, -0.2) is 42.0 Å². The minimum atomic E-state index is -5.00. The predicted molar refractivity (Wildman–Crippen MR) is 77.0 cm³/mol. The maximum absolute atomic E-state index is 12.6. The molecule has 128 valence electrons. The fourth-order valence-electron chi connectivity index (χ4n) is 2.50. The molecule has 1 heterocycles. The summed E-state index contributed by atoms with van der Waals surface area (Å²) in [7, 11) is 0. The van der Waals surface area contributed by atoms with Crippen molar-refractivity contribution in [3.8, 4) is 0 Å². The Morgan fingerprint density at radius 3 is 2.05 bits per heavy atom. The van der Waals surface area contributed by atoms with E-state index in [2.05, 4.69) is 0 Å². The Morgan fingerprint density at radius 1 is 1.23 bits per heavy atom. The first kappa shape index (κ1) is 18.8. The topological polar surface area (TPSA) is 49.4 Å². The van der Waals surface area contributed by atoms with Crippen LogP contribution in [0.25, 0.3) is 0 Å². The average molecular weight is 322 g/mol. The van der Waals surface area contributed by atoms with Crippen molar-refractivity contribution in [2.24, 2.45) is 16.7 Å². The van der Waals surface area contributed by atoms with Gasteiger partial charge in [-0.15, -0.1) is 0 Å². The van der Waals surface area contributed by atoms with Crippen LogP contribution in [0, 0.1) is 16.7 Å². The third-order valence-electron chi connectivity index (χ3n) is 4.38. The molecule has 0 bridgehead atoms. The van der Waals surface area contributed by atoms with Crippen LogP contribution < -0.4 is 5.32 Å². The maximum Gasteiger partial charge on any atom is 0.471 e. The molecule has 1 aliphatic rings. The quantitative estimate of drug-likeness (QED) is 0.849. The lowest BCUT2D eigenvalue weighted by molar-refractivity contribution is -0.176. The van der Waals surface area contributed by atoms with E-state index >= 15 is 0 Å². The summed E-state index contributed by atoms with van der Waals surface area (Å²) >= 11 is 0. The number of carbonyl (C=O) groups is 2. The summed E-state index contributed by atoms with van der Waals surface area (Å²) < 4.78 is 37.5. The Morgan fingerprint density at radius 2 is 1.73 bits per heavy atom. The molecule has 0 unspecified atom stereocenters. The van der Waals surface area contributed by atoms with Gasteiger partial charge in [0.2, 0.25) is 5.91 Å². The van der Waals surface area contributed by atoms with Crippen molar-refractivity contribution in [2.45, 2.75) is 53.8 Å². The second-order valence-electron chi connectivity index (χ2n) is 7.88. The summed E-state index contributed by atoms with van der Waals surface area (Å²) in [5.74, 6) is -2.29. The average Bonchev–Trinajstić information content (AvgIpc) is 2.57. The maximum atomic E-state index is 12.6. The van der Waals surface area contributed by atoms with E-state index in [9.17, 15) is 22.8 Å². The monoisotopic (exact) mass is 322 g/mol. The van der Waals surface area contributed by atoms with Gasteiger partial charge in [0, 0.05) is 13.1 Å². The van der Waals surface area contributed by atoms with Gasteiger partial charge in [-0.25, -0.2) is 0 Å².